The number of rotatable bonds is 5. The topological polar surface area (TPSA) is 52.3 Å². The van der Waals surface area contributed by atoms with Gasteiger partial charge in [-0.15, -0.1) is 0 Å². The van der Waals surface area contributed by atoms with Crippen molar-refractivity contribution in [1.29, 1.82) is 0 Å². The molecule has 0 aliphatic carbocycles. The Kier molecular flexibility index (Phi) is 4.95. The zero-order valence-electron chi connectivity index (χ0n) is 8.87. The number of halogens is 3. The second-order valence-electron chi connectivity index (χ2n) is 3.26. The Labute approximate surface area is 99.2 Å². The Hall–Kier alpha value is -1.08. The number of benzene rings is 1. The third-order valence-corrected chi connectivity index (χ3v) is 3.24. The van der Waals surface area contributed by atoms with Gasteiger partial charge in [0.05, 0.1) is 28.1 Å². The van der Waals surface area contributed by atoms with Gasteiger partial charge in [0.15, 0.2) is 0 Å². The van der Waals surface area contributed by atoms with Gasteiger partial charge >= 0.3 is 6.18 Å². The Balaban J connectivity index is 2.39. The number of hydrogen-bond acceptors (Lipinski definition) is 3. The molecule has 0 bridgehead atoms. The largest absolute Gasteiger partial charge is 0.411 e. The lowest BCUT2D eigenvalue weighted by molar-refractivity contribution is -0.172. The molecule has 1 rings (SSSR count). The molecule has 0 fully saturated rings. The minimum absolute atomic E-state index is 0.00963. The molecule has 3 nitrogen and oxygen atoms in total. The van der Waals surface area contributed by atoms with E-state index in [1.165, 1.54) is 0 Å². The molecule has 0 aromatic heterocycles. The summed E-state index contributed by atoms with van der Waals surface area (Å²) in [5.41, 5.74) is 5.94. The van der Waals surface area contributed by atoms with Crippen LogP contribution in [0.4, 0.5) is 18.9 Å². The first-order valence-electron chi connectivity index (χ1n) is 4.77. The molecule has 0 radical (unpaired) electrons. The fourth-order valence-corrected chi connectivity index (χ4v) is 2.17. The van der Waals surface area contributed by atoms with Crippen LogP contribution in [0.15, 0.2) is 29.2 Å². The number of alkyl halides is 3. The first kappa shape index (κ1) is 14.0. The van der Waals surface area contributed by atoms with E-state index >= 15 is 0 Å². The van der Waals surface area contributed by atoms with E-state index in [2.05, 4.69) is 4.74 Å². The Bertz CT molecular complexity index is 395. The highest BCUT2D eigenvalue weighted by Crippen LogP contribution is 2.16. The fraction of sp³-hybridized carbons (Fsp3) is 0.400. The molecule has 0 aliphatic rings. The van der Waals surface area contributed by atoms with E-state index in [9.17, 15) is 17.4 Å². The van der Waals surface area contributed by atoms with Crippen LogP contribution >= 0.6 is 0 Å². The predicted octanol–water partition coefficient (Wildman–Crippen LogP) is 1.96. The maximum atomic E-state index is 11.7. The average molecular weight is 267 g/mol. The van der Waals surface area contributed by atoms with Crippen molar-refractivity contribution in [3.05, 3.63) is 24.3 Å². The summed E-state index contributed by atoms with van der Waals surface area (Å²) in [6.07, 6.45) is -4.35. The summed E-state index contributed by atoms with van der Waals surface area (Å²) < 4.78 is 51.3. The van der Waals surface area contributed by atoms with Crippen molar-refractivity contribution in [1.82, 2.24) is 0 Å². The predicted molar refractivity (Wildman–Crippen MR) is 59.0 cm³/mol. The van der Waals surface area contributed by atoms with Crippen molar-refractivity contribution in [2.75, 3.05) is 24.7 Å². The van der Waals surface area contributed by atoms with E-state index in [1.54, 1.807) is 24.3 Å². The summed E-state index contributed by atoms with van der Waals surface area (Å²) in [5.74, 6) is -0.00963. The lowest BCUT2D eigenvalue weighted by atomic mass is 10.3. The van der Waals surface area contributed by atoms with Gasteiger partial charge in [-0.3, -0.25) is 4.21 Å². The maximum Gasteiger partial charge on any atom is 0.411 e. The van der Waals surface area contributed by atoms with Gasteiger partial charge in [0.1, 0.15) is 6.61 Å². The van der Waals surface area contributed by atoms with Crippen LogP contribution in [0.1, 0.15) is 0 Å². The normalized spacial score (nSPS) is 13.6. The summed E-state index contributed by atoms with van der Waals surface area (Å²) in [6.45, 7) is -1.55. The molecule has 0 aliphatic heterocycles. The minimum atomic E-state index is -4.35. The number of ether oxygens (including phenoxy) is 1. The van der Waals surface area contributed by atoms with Gasteiger partial charge in [0.25, 0.3) is 0 Å². The SMILES string of the molecule is Nc1ccccc1S(=O)CCOCC(F)(F)F. The van der Waals surface area contributed by atoms with Crippen molar-refractivity contribution in [3.63, 3.8) is 0 Å². The molecular weight excluding hydrogens is 255 g/mol. The summed E-state index contributed by atoms with van der Waals surface area (Å²) in [6, 6.07) is 6.52. The third kappa shape index (κ3) is 5.18. The van der Waals surface area contributed by atoms with Gasteiger partial charge in [0, 0.05) is 5.69 Å². The standard InChI is InChI=1S/C10H12F3NO2S/c11-10(12,13)7-16-5-6-17(15)9-4-2-1-3-8(9)14/h1-4H,5-7,14H2. The summed E-state index contributed by atoms with van der Waals surface area (Å²) in [4.78, 5) is 0.420. The van der Waals surface area contributed by atoms with Gasteiger partial charge < -0.3 is 10.5 Å². The molecule has 1 unspecified atom stereocenters. The van der Waals surface area contributed by atoms with Crippen molar-refractivity contribution in [2.24, 2.45) is 0 Å². The van der Waals surface area contributed by atoms with Crippen LogP contribution in [0.25, 0.3) is 0 Å². The van der Waals surface area contributed by atoms with Crippen LogP contribution in [0.5, 0.6) is 0 Å². The van der Waals surface area contributed by atoms with Crippen LogP contribution in [-0.2, 0) is 15.5 Å². The van der Waals surface area contributed by atoms with Crippen LogP contribution in [0.3, 0.4) is 0 Å². The van der Waals surface area contributed by atoms with Crippen LogP contribution in [0.2, 0.25) is 0 Å². The van der Waals surface area contributed by atoms with Crippen molar-refractivity contribution >= 4 is 16.5 Å². The monoisotopic (exact) mass is 267 g/mol. The molecular formula is C10H12F3NO2S. The van der Waals surface area contributed by atoms with Crippen molar-refractivity contribution in [3.8, 4) is 0 Å². The van der Waals surface area contributed by atoms with Gasteiger partial charge in [-0.1, -0.05) is 12.1 Å². The second-order valence-corrected chi connectivity index (χ2v) is 4.79. The fourth-order valence-electron chi connectivity index (χ4n) is 1.12. The number of hydrogen-bond donors (Lipinski definition) is 1. The Morgan fingerprint density at radius 3 is 2.53 bits per heavy atom. The van der Waals surface area contributed by atoms with Gasteiger partial charge in [-0.2, -0.15) is 13.2 Å². The smallest absolute Gasteiger partial charge is 0.398 e. The summed E-state index contributed by atoms with van der Waals surface area (Å²) in [5, 5.41) is 0. The maximum absolute atomic E-state index is 11.7. The molecule has 0 amide bonds. The first-order chi connectivity index (χ1) is 7.90. The Morgan fingerprint density at radius 2 is 1.94 bits per heavy atom. The molecule has 0 spiro atoms. The van der Waals surface area contributed by atoms with Crippen LogP contribution < -0.4 is 5.73 Å². The number of para-hydroxylation sites is 1. The molecule has 0 heterocycles. The van der Waals surface area contributed by atoms with Gasteiger partial charge in [-0.05, 0) is 12.1 Å². The van der Waals surface area contributed by atoms with Crippen molar-refractivity contribution < 1.29 is 22.1 Å². The van der Waals surface area contributed by atoms with E-state index < -0.39 is 23.6 Å². The quantitative estimate of drug-likeness (QED) is 0.655. The second kappa shape index (κ2) is 6.02. The van der Waals surface area contributed by atoms with E-state index in [-0.39, 0.29) is 12.4 Å². The number of anilines is 1. The van der Waals surface area contributed by atoms with Crippen LogP contribution in [-0.4, -0.2) is 29.4 Å². The lowest BCUT2D eigenvalue weighted by Crippen LogP contribution is -2.19. The molecule has 1 aromatic rings. The van der Waals surface area contributed by atoms with E-state index in [4.69, 9.17) is 5.73 Å². The third-order valence-electron chi connectivity index (χ3n) is 1.84. The highest BCUT2D eigenvalue weighted by atomic mass is 32.2. The van der Waals surface area contributed by atoms with Crippen LogP contribution in [0, 0.1) is 0 Å². The molecule has 1 atom stereocenters. The minimum Gasteiger partial charge on any atom is -0.398 e. The molecule has 0 saturated heterocycles. The van der Waals surface area contributed by atoms with Crippen molar-refractivity contribution in [2.45, 2.75) is 11.1 Å². The summed E-state index contributed by atoms with van der Waals surface area (Å²) >= 11 is 0. The Morgan fingerprint density at radius 1 is 1.29 bits per heavy atom. The van der Waals surface area contributed by atoms with Gasteiger partial charge in [0.2, 0.25) is 0 Å². The summed E-state index contributed by atoms with van der Waals surface area (Å²) in [7, 11) is -1.44. The first-order valence-corrected chi connectivity index (χ1v) is 6.09. The highest BCUT2D eigenvalue weighted by Gasteiger charge is 2.27. The lowest BCUT2D eigenvalue weighted by Gasteiger charge is -2.08. The van der Waals surface area contributed by atoms with E-state index in [0.717, 1.165) is 0 Å². The molecule has 7 heteroatoms. The average Bonchev–Trinajstić information content (AvgIpc) is 2.23. The molecule has 0 saturated carbocycles. The highest BCUT2D eigenvalue weighted by molar-refractivity contribution is 7.85. The van der Waals surface area contributed by atoms with E-state index in [1.807, 2.05) is 0 Å². The molecule has 96 valence electrons. The van der Waals surface area contributed by atoms with E-state index in [0.29, 0.717) is 10.6 Å². The number of nitrogens with two attached hydrogens (primary N) is 1. The molecule has 1 aromatic carbocycles. The number of nitrogen functional groups attached to an aromatic ring is 1. The molecule has 17 heavy (non-hydrogen) atoms. The molecule has 2 N–H and O–H groups in total. The van der Waals surface area contributed by atoms with Gasteiger partial charge in [-0.25, -0.2) is 0 Å². The zero-order chi connectivity index (χ0) is 12.9. The zero-order valence-corrected chi connectivity index (χ0v) is 9.68.